The first-order chi connectivity index (χ1) is 12.4. The molecule has 26 heavy (non-hydrogen) atoms. The maximum Gasteiger partial charge on any atom is 0.255 e. The summed E-state index contributed by atoms with van der Waals surface area (Å²) < 4.78 is 32.7. The van der Waals surface area contributed by atoms with Crippen molar-refractivity contribution in [2.75, 3.05) is 18.5 Å². The van der Waals surface area contributed by atoms with Crippen molar-refractivity contribution in [1.82, 2.24) is 4.72 Å². The van der Waals surface area contributed by atoms with Crippen LogP contribution >= 0.6 is 15.9 Å². The summed E-state index contributed by atoms with van der Waals surface area (Å²) in [4.78, 5) is 12.5. The molecule has 8 heteroatoms. The molecule has 0 aliphatic carbocycles. The number of nitrogens with one attached hydrogen (secondary N) is 2. The Labute approximate surface area is 162 Å². The standard InChI is InChI=1S/C18H21BrN2O4S/c1-3-11-20-26(23,24)15-8-6-14(7-9-15)21-18(22)13-5-10-17(25-4-2)16(19)12-13/h5-10,12,20H,3-4,11H2,1-2H3,(H,21,22). The number of carbonyl (C=O) groups is 1. The van der Waals surface area contributed by atoms with Gasteiger partial charge in [-0.15, -0.1) is 0 Å². The maximum atomic E-state index is 12.4. The molecule has 0 aliphatic rings. The van der Waals surface area contributed by atoms with E-state index in [4.69, 9.17) is 4.74 Å². The number of rotatable bonds is 8. The van der Waals surface area contributed by atoms with Gasteiger partial charge in [-0.2, -0.15) is 0 Å². The lowest BCUT2D eigenvalue weighted by atomic mass is 10.2. The molecule has 2 N–H and O–H groups in total. The average Bonchev–Trinajstić information content (AvgIpc) is 2.62. The van der Waals surface area contributed by atoms with Crippen LogP contribution < -0.4 is 14.8 Å². The van der Waals surface area contributed by atoms with Crippen LogP contribution in [0.15, 0.2) is 51.8 Å². The molecule has 0 bridgehead atoms. The van der Waals surface area contributed by atoms with E-state index in [1.54, 1.807) is 30.3 Å². The number of ether oxygens (including phenoxy) is 1. The number of halogens is 1. The topological polar surface area (TPSA) is 84.5 Å². The third-order valence-electron chi connectivity index (χ3n) is 3.46. The lowest BCUT2D eigenvalue weighted by Crippen LogP contribution is -2.24. The van der Waals surface area contributed by atoms with Crippen LogP contribution in [0.25, 0.3) is 0 Å². The van der Waals surface area contributed by atoms with Crippen molar-refractivity contribution in [3.63, 3.8) is 0 Å². The van der Waals surface area contributed by atoms with Crippen LogP contribution in [0.3, 0.4) is 0 Å². The van der Waals surface area contributed by atoms with Crippen LogP contribution in [0.4, 0.5) is 5.69 Å². The molecule has 2 aromatic carbocycles. The summed E-state index contributed by atoms with van der Waals surface area (Å²) in [5.41, 5.74) is 0.969. The monoisotopic (exact) mass is 440 g/mol. The Bertz CT molecular complexity index is 867. The van der Waals surface area contributed by atoms with Gasteiger partial charge >= 0.3 is 0 Å². The van der Waals surface area contributed by atoms with E-state index in [0.29, 0.717) is 41.0 Å². The Balaban J connectivity index is 2.09. The van der Waals surface area contributed by atoms with E-state index < -0.39 is 10.0 Å². The molecule has 0 aromatic heterocycles. The molecular formula is C18H21BrN2O4S. The fourth-order valence-corrected chi connectivity index (χ4v) is 3.78. The lowest BCUT2D eigenvalue weighted by molar-refractivity contribution is 0.102. The van der Waals surface area contributed by atoms with Gasteiger partial charge in [0, 0.05) is 17.8 Å². The molecule has 0 unspecified atom stereocenters. The van der Waals surface area contributed by atoms with Crippen molar-refractivity contribution in [3.05, 3.63) is 52.5 Å². The summed E-state index contributed by atoms with van der Waals surface area (Å²) in [6, 6.07) is 11.1. The molecule has 0 aliphatic heterocycles. The van der Waals surface area contributed by atoms with Crippen LogP contribution in [0.1, 0.15) is 30.6 Å². The maximum absolute atomic E-state index is 12.4. The van der Waals surface area contributed by atoms with E-state index in [9.17, 15) is 13.2 Å². The number of anilines is 1. The minimum absolute atomic E-state index is 0.160. The molecule has 1 amide bonds. The molecule has 0 heterocycles. The van der Waals surface area contributed by atoms with Gasteiger partial charge in [0.05, 0.1) is 16.0 Å². The SMILES string of the molecule is CCCNS(=O)(=O)c1ccc(NC(=O)c2ccc(OCC)c(Br)c2)cc1. The largest absolute Gasteiger partial charge is 0.493 e. The van der Waals surface area contributed by atoms with E-state index in [1.165, 1.54) is 12.1 Å². The molecular weight excluding hydrogens is 420 g/mol. The van der Waals surface area contributed by atoms with Gasteiger partial charge in [-0.25, -0.2) is 13.1 Å². The summed E-state index contributed by atoms with van der Waals surface area (Å²) in [5.74, 6) is 0.367. The van der Waals surface area contributed by atoms with Crippen LogP contribution in [-0.2, 0) is 10.0 Å². The lowest BCUT2D eigenvalue weighted by Gasteiger charge is -2.10. The molecule has 6 nitrogen and oxygen atoms in total. The van der Waals surface area contributed by atoms with Crippen molar-refractivity contribution in [2.24, 2.45) is 0 Å². The second-order valence-corrected chi connectivity index (χ2v) is 8.08. The highest BCUT2D eigenvalue weighted by Gasteiger charge is 2.14. The first-order valence-corrected chi connectivity index (χ1v) is 10.5. The zero-order valence-electron chi connectivity index (χ0n) is 14.6. The van der Waals surface area contributed by atoms with E-state index >= 15 is 0 Å². The fraction of sp³-hybridized carbons (Fsp3) is 0.278. The predicted octanol–water partition coefficient (Wildman–Crippen LogP) is 3.79. The molecule has 0 spiro atoms. The summed E-state index contributed by atoms with van der Waals surface area (Å²) in [5, 5.41) is 2.74. The predicted molar refractivity (Wildman–Crippen MR) is 105 cm³/mol. The second kappa shape index (κ2) is 9.16. The van der Waals surface area contributed by atoms with Crippen LogP contribution in [-0.4, -0.2) is 27.5 Å². The van der Waals surface area contributed by atoms with Gasteiger partial charge in [0.1, 0.15) is 5.75 Å². The molecule has 0 fully saturated rings. The summed E-state index contributed by atoms with van der Waals surface area (Å²) in [6.45, 7) is 4.69. The number of hydrogen-bond donors (Lipinski definition) is 2. The van der Waals surface area contributed by atoms with Crippen molar-refractivity contribution in [2.45, 2.75) is 25.2 Å². The second-order valence-electron chi connectivity index (χ2n) is 5.45. The summed E-state index contributed by atoms with van der Waals surface area (Å²) in [6.07, 6.45) is 0.713. The van der Waals surface area contributed by atoms with Crippen molar-refractivity contribution in [3.8, 4) is 5.75 Å². The number of benzene rings is 2. The summed E-state index contributed by atoms with van der Waals surface area (Å²) >= 11 is 3.38. The molecule has 2 aromatic rings. The minimum atomic E-state index is -3.52. The number of carbonyl (C=O) groups excluding carboxylic acids is 1. The van der Waals surface area contributed by atoms with E-state index in [-0.39, 0.29) is 10.8 Å². The normalized spacial score (nSPS) is 11.2. The third kappa shape index (κ3) is 5.30. The smallest absolute Gasteiger partial charge is 0.255 e. The van der Waals surface area contributed by atoms with Crippen molar-refractivity contribution in [1.29, 1.82) is 0 Å². The highest BCUT2D eigenvalue weighted by Crippen LogP contribution is 2.26. The van der Waals surface area contributed by atoms with E-state index in [2.05, 4.69) is 26.0 Å². The fourth-order valence-electron chi connectivity index (χ4n) is 2.16. The van der Waals surface area contributed by atoms with Gasteiger partial charge in [-0.05, 0) is 71.7 Å². The number of amides is 1. The Morgan fingerprint density at radius 3 is 2.38 bits per heavy atom. The Kier molecular flexibility index (Phi) is 7.19. The van der Waals surface area contributed by atoms with Crippen LogP contribution in [0.5, 0.6) is 5.75 Å². The van der Waals surface area contributed by atoms with E-state index in [1.807, 2.05) is 13.8 Å². The molecule has 0 saturated heterocycles. The van der Waals surface area contributed by atoms with Crippen LogP contribution in [0, 0.1) is 0 Å². The highest BCUT2D eigenvalue weighted by atomic mass is 79.9. The Morgan fingerprint density at radius 1 is 1.12 bits per heavy atom. The molecule has 0 radical (unpaired) electrons. The minimum Gasteiger partial charge on any atom is -0.493 e. The molecule has 2 rings (SSSR count). The first kappa shape index (κ1) is 20.4. The zero-order chi connectivity index (χ0) is 19.2. The summed E-state index contributed by atoms with van der Waals surface area (Å²) in [7, 11) is -3.52. The molecule has 0 saturated carbocycles. The zero-order valence-corrected chi connectivity index (χ0v) is 17.0. The van der Waals surface area contributed by atoms with Gasteiger partial charge in [0.15, 0.2) is 0 Å². The number of sulfonamides is 1. The van der Waals surface area contributed by atoms with Crippen molar-refractivity contribution < 1.29 is 17.9 Å². The highest BCUT2D eigenvalue weighted by molar-refractivity contribution is 9.10. The Hall–Kier alpha value is -1.90. The third-order valence-corrected chi connectivity index (χ3v) is 5.56. The quantitative estimate of drug-likeness (QED) is 0.653. The van der Waals surface area contributed by atoms with Gasteiger partial charge in [-0.1, -0.05) is 6.92 Å². The molecule has 140 valence electrons. The van der Waals surface area contributed by atoms with Gasteiger partial charge in [-0.3, -0.25) is 4.79 Å². The van der Waals surface area contributed by atoms with E-state index in [0.717, 1.165) is 0 Å². The average molecular weight is 441 g/mol. The van der Waals surface area contributed by atoms with Crippen molar-refractivity contribution >= 4 is 37.5 Å². The Morgan fingerprint density at radius 2 is 1.81 bits per heavy atom. The molecule has 0 atom stereocenters. The van der Waals surface area contributed by atoms with Crippen LogP contribution in [0.2, 0.25) is 0 Å². The van der Waals surface area contributed by atoms with Gasteiger partial charge in [0.2, 0.25) is 10.0 Å². The van der Waals surface area contributed by atoms with Gasteiger partial charge in [0.25, 0.3) is 5.91 Å². The number of hydrogen-bond acceptors (Lipinski definition) is 4. The van der Waals surface area contributed by atoms with Gasteiger partial charge < -0.3 is 10.1 Å². The first-order valence-electron chi connectivity index (χ1n) is 8.20.